The van der Waals surface area contributed by atoms with Gasteiger partial charge < -0.3 is 9.80 Å². The number of halogens is 2. The van der Waals surface area contributed by atoms with Crippen molar-refractivity contribution < 1.29 is 0 Å². The van der Waals surface area contributed by atoms with Gasteiger partial charge >= 0.3 is 0 Å². The average Bonchev–Trinajstić information content (AvgIpc) is 2.40. The van der Waals surface area contributed by atoms with Gasteiger partial charge in [-0.3, -0.25) is 0 Å². The van der Waals surface area contributed by atoms with Crippen LogP contribution in [0.2, 0.25) is 0 Å². The summed E-state index contributed by atoms with van der Waals surface area (Å²) in [6.07, 6.45) is 4.00. The van der Waals surface area contributed by atoms with Gasteiger partial charge in [0.15, 0.2) is 0 Å². The van der Waals surface area contributed by atoms with Crippen LogP contribution in [0.4, 0.5) is 5.69 Å². The molecule has 2 nitrogen and oxygen atoms in total. The van der Waals surface area contributed by atoms with Crippen molar-refractivity contribution in [3.63, 3.8) is 0 Å². The first-order chi connectivity index (χ1) is 8.83. The van der Waals surface area contributed by atoms with E-state index in [0.717, 1.165) is 11.8 Å². The predicted molar refractivity (Wildman–Crippen MR) is 89.8 cm³/mol. The lowest BCUT2D eigenvalue weighted by molar-refractivity contribution is 0.184. The Labute approximate surface area is 134 Å². The molecule has 3 aliphatic rings. The molecule has 20 heavy (non-hydrogen) atoms. The average molecular weight is 315 g/mol. The number of nitrogens with zero attached hydrogens (tertiary/aromatic N) is 2. The van der Waals surface area contributed by atoms with E-state index in [1.165, 1.54) is 45.4 Å². The number of likely N-dealkylation sites (tertiary alicyclic amines) is 1. The molecule has 0 saturated carbocycles. The molecule has 0 aromatic heterocycles. The highest BCUT2D eigenvalue weighted by Gasteiger charge is 2.38. The van der Waals surface area contributed by atoms with Crippen LogP contribution in [-0.2, 0) is 6.42 Å². The van der Waals surface area contributed by atoms with Crippen LogP contribution in [0, 0.1) is 5.92 Å². The minimum atomic E-state index is 0. The summed E-state index contributed by atoms with van der Waals surface area (Å²) in [6.45, 7) is 5.13. The van der Waals surface area contributed by atoms with Crippen molar-refractivity contribution in [1.82, 2.24) is 4.90 Å². The van der Waals surface area contributed by atoms with Crippen LogP contribution in [-0.4, -0.2) is 38.1 Å². The second-order valence-electron chi connectivity index (χ2n) is 6.32. The molecule has 0 amide bonds. The molecular formula is C16H24Cl2N2. The maximum Gasteiger partial charge on any atom is 0.0434 e. The van der Waals surface area contributed by atoms with Gasteiger partial charge in [0.2, 0.25) is 0 Å². The maximum absolute atomic E-state index is 2.68. The van der Waals surface area contributed by atoms with Gasteiger partial charge in [-0.25, -0.2) is 0 Å². The third kappa shape index (κ3) is 2.43. The molecule has 4 heteroatoms. The van der Waals surface area contributed by atoms with E-state index in [0.29, 0.717) is 0 Å². The van der Waals surface area contributed by atoms with E-state index >= 15 is 0 Å². The Hall–Kier alpha value is -0.440. The quantitative estimate of drug-likeness (QED) is 0.724. The first kappa shape index (κ1) is 15.9. The van der Waals surface area contributed by atoms with Gasteiger partial charge in [-0.2, -0.15) is 0 Å². The van der Waals surface area contributed by atoms with Crippen molar-refractivity contribution in [3.8, 4) is 0 Å². The van der Waals surface area contributed by atoms with Crippen molar-refractivity contribution in [2.24, 2.45) is 5.92 Å². The highest BCUT2D eigenvalue weighted by Crippen LogP contribution is 2.45. The molecule has 0 N–H and O–H groups in total. The summed E-state index contributed by atoms with van der Waals surface area (Å²) in [7, 11) is 2.28. The summed E-state index contributed by atoms with van der Waals surface area (Å²) in [5, 5.41) is 0. The molecule has 1 saturated heterocycles. The summed E-state index contributed by atoms with van der Waals surface area (Å²) in [5.41, 5.74) is 4.86. The predicted octanol–water partition coefficient (Wildman–Crippen LogP) is 3.33. The van der Waals surface area contributed by atoms with Gasteiger partial charge in [0.05, 0.1) is 0 Å². The Morgan fingerprint density at radius 1 is 1.10 bits per heavy atom. The topological polar surface area (TPSA) is 6.48 Å². The van der Waals surface area contributed by atoms with Crippen LogP contribution in [0.15, 0.2) is 18.2 Å². The lowest BCUT2D eigenvalue weighted by Crippen LogP contribution is -2.47. The maximum atomic E-state index is 2.68. The number of likely N-dealkylation sites (N-methyl/N-ethyl adjacent to an activating group) is 1. The fourth-order valence-corrected chi connectivity index (χ4v) is 4.27. The third-order valence-electron chi connectivity index (χ3n) is 5.15. The molecule has 0 spiro atoms. The van der Waals surface area contributed by atoms with Gasteiger partial charge in [-0.15, -0.1) is 24.8 Å². The Balaban J connectivity index is 0.000000735. The summed E-state index contributed by atoms with van der Waals surface area (Å²) in [6, 6.07) is 7.03. The molecule has 4 rings (SSSR count). The van der Waals surface area contributed by atoms with Crippen LogP contribution < -0.4 is 4.90 Å². The Morgan fingerprint density at radius 3 is 2.80 bits per heavy atom. The second kappa shape index (κ2) is 6.13. The van der Waals surface area contributed by atoms with E-state index in [9.17, 15) is 0 Å². The molecule has 0 bridgehead atoms. The molecule has 112 valence electrons. The summed E-state index contributed by atoms with van der Waals surface area (Å²) >= 11 is 0. The normalized spacial score (nSPS) is 27.8. The third-order valence-corrected chi connectivity index (χ3v) is 5.15. The number of para-hydroxylation sites is 1. The largest absolute Gasteiger partial charge is 0.371 e. The monoisotopic (exact) mass is 314 g/mol. The van der Waals surface area contributed by atoms with Crippen molar-refractivity contribution in [3.05, 3.63) is 29.3 Å². The lowest BCUT2D eigenvalue weighted by atomic mass is 9.75. The number of aryl methyl sites for hydroxylation is 1. The van der Waals surface area contributed by atoms with Crippen LogP contribution in [0.1, 0.15) is 29.9 Å². The van der Waals surface area contributed by atoms with Crippen LogP contribution in [0.5, 0.6) is 0 Å². The van der Waals surface area contributed by atoms with E-state index in [1.54, 1.807) is 16.8 Å². The van der Waals surface area contributed by atoms with E-state index in [1.807, 2.05) is 0 Å². The van der Waals surface area contributed by atoms with Gasteiger partial charge in [-0.05, 0) is 49.9 Å². The van der Waals surface area contributed by atoms with Gasteiger partial charge in [0, 0.05) is 31.2 Å². The zero-order valence-corrected chi connectivity index (χ0v) is 13.7. The number of hydrogen-bond donors (Lipinski definition) is 0. The first-order valence-electron chi connectivity index (χ1n) is 7.38. The highest BCUT2D eigenvalue weighted by molar-refractivity contribution is 5.85. The Morgan fingerprint density at radius 2 is 1.95 bits per heavy atom. The summed E-state index contributed by atoms with van der Waals surface area (Å²) in [4.78, 5) is 5.19. The molecule has 1 aromatic rings. The standard InChI is InChI=1S/C16H22N2.2ClH/c1-17-9-7-13-10-18-8-3-5-12-4-2-6-14(16(12)18)15(13)11-17;;/h2,4,6,13,15H,3,5,7-11H2,1H3;2*1H/t13-,15-;;/m1../s1. The van der Waals surface area contributed by atoms with Crippen molar-refractivity contribution in [2.45, 2.75) is 25.2 Å². The first-order valence-corrected chi connectivity index (χ1v) is 7.38. The number of fused-ring (bicyclic) bond motifs is 2. The smallest absolute Gasteiger partial charge is 0.0434 e. The van der Waals surface area contributed by atoms with Gasteiger partial charge in [-0.1, -0.05) is 18.2 Å². The van der Waals surface area contributed by atoms with E-state index in [4.69, 9.17) is 0 Å². The lowest BCUT2D eigenvalue weighted by Gasteiger charge is -2.48. The molecule has 0 aliphatic carbocycles. The molecule has 3 aliphatic heterocycles. The molecule has 0 radical (unpaired) electrons. The number of benzene rings is 1. The Kier molecular flexibility index (Phi) is 4.88. The molecule has 0 unspecified atom stereocenters. The minimum Gasteiger partial charge on any atom is -0.371 e. The van der Waals surface area contributed by atoms with Crippen LogP contribution in [0.3, 0.4) is 0 Å². The minimum absolute atomic E-state index is 0. The zero-order chi connectivity index (χ0) is 12.1. The van der Waals surface area contributed by atoms with E-state index in [-0.39, 0.29) is 24.8 Å². The molecule has 1 fully saturated rings. The fourth-order valence-electron chi connectivity index (χ4n) is 4.27. The van der Waals surface area contributed by atoms with E-state index < -0.39 is 0 Å². The SMILES string of the molecule is CN1CC[C@@H]2CN3CCCc4cccc(c43)[C@@H]2C1.Cl.Cl. The number of anilines is 1. The van der Waals surface area contributed by atoms with Crippen molar-refractivity contribution in [2.75, 3.05) is 38.1 Å². The molecular weight excluding hydrogens is 291 g/mol. The second-order valence-corrected chi connectivity index (χ2v) is 6.32. The van der Waals surface area contributed by atoms with Crippen LogP contribution in [0.25, 0.3) is 0 Å². The van der Waals surface area contributed by atoms with Gasteiger partial charge in [0.1, 0.15) is 0 Å². The molecule has 3 heterocycles. The van der Waals surface area contributed by atoms with Gasteiger partial charge in [0.25, 0.3) is 0 Å². The van der Waals surface area contributed by atoms with E-state index in [2.05, 4.69) is 35.0 Å². The van der Waals surface area contributed by atoms with Crippen molar-refractivity contribution in [1.29, 1.82) is 0 Å². The summed E-state index contributed by atoms with van der Waals surface area (Å²) < 4.78 is 0. The zero-order valence-electron chi connectivity index (χ0n) is 12.0. The van der Waals surface area contributed by atoms with Crippen molar-refractivity contribution >= 4 is 30.5 Å². The number of piperidine rings is 1. The summed E-state index contributed by atoms with van der Waals surface area (Å²) in [5.74, 6) is 1.68. The highest BCUT2D eigenvalue weighted by atomic mass is 35.5. The Bertz CT molecular complexity index is 478. The molecule has 2 atom stereocenters. The molecule has 1 aromatic carbocycles. The van der Waals surface area contributed by atoms with Crippen LogP contribution >= 0.6 is 24.8 Å². The fraction of sp³-hybridized carbons (Fsp3) is 0.625. The number of rotatable bonds is 0. The number of hydrogen-bond acceptors (Lipinski definition) is 2.